The second-order valence-electron chi connectivity index (χ2n) is 4.97. The largest absolute Gasteiger partial charge is 0.507 e. The smallest absolute Gasteiger partial charge is 0.346 e. The number of aryl methyl sites for hydroxylation is 1. The summed E-state index contributed by atoms with van der Waals surface area (Å²) in [5, 5.41) is 9.50. The van der Waals surface area contributed by atoms with Crippen LogP contribution >= 0.6 is 12.6 Å². The lowest BCUT2D eigenvalue weighted by Crippen LogP contribution is -2.20. The van der Waals surface area contributed by atoms with Crippen LogP contribution in [0.3, 0.4) is 0 Å². The summed E-state index contributed by atoms with van der Waals surface area (Å²) in [4.78, 5) is 23.8. The number of Topliss-reactive ketones (excluding diaryl/α,β-unsaturated/α-hetero) is 1. The van der Waals surface area contributed by atoms with Crippen LogP contribution in [0.1, 0.15) is 25.3 Å². The monoisotopic (exact) mass is 306 g/mol. The van der Waals surface area contributed by atoms with Crippen LogP contribution in [0.4, 0.5) is 0 Å². The Labute approximate surface area is 129 Å². The number of ether oxygens (including phenoxy) is 1. The number of ketones is 1. The van der Waals surface area contributed by atoms with Crippen molar-refractivity contribution >= 4 is 24.4 Å². The molecule has 0 radical (unpaired) electrons. The molecule has 2 atom stereocenters. The van der Waals surface area contributed by atoms with Gasteiger partial charge in [0.1, 0.15) is 5.57 Å². The number of hydrogen-bond donors (Lipinski definition) is 2. The summed E-state index contributed by atoms with van der Waals surface area (Å²) < 4.78 is 5.11. The minimum Gasteiger partial charge on any atom is -0.507 e. The van der Waals surface area contributed by atoms with Crippen LogP contribution in [0.15, 0.2) is 41.7 Å². The molecule has 0 fully saturated rings. The van der Waals surface area contributed by atoms with Gasteiger partial charge in [-0.1, -0.05) is 37.3 Å². The molecule has 21 heavy (non-hydrogen) atoms. The average Bonchev–Trinajstić information content (AvgIpc) is 2.79. The molecule has 0 spiro atoms. The second-order valence-corrected chi connectivity index (χ2v) is 5.59. The SMILES string of the molecule is CCC(S)C(=O)C1=C(O)C(CCc2ccccc2)OC1=O. The number of aliphatic hydroxyl groups is 1. The van der Waals surface area contributed by atoms with Gasteiger partial charge in [0.05, 0.1) is 5.25 Å². The maximum Gasteiger partial charge on any atom is 0.346 e. The number of carbonyl (C=O) groups excluding carboxylic acids is 2. The number of aliphatic hydroxyl groups excluding tert-OH is 1. The number of thiol groups is 1. The van der Waals surface area contributed by atoms with Gasteiger partial charge in [-0.05, 0) is 24.8 Å². The normalized spacial score (nSPS) is 19.5. The minimum absolute atomic E-state index is 0.241. The van der Waals surface area contributed by atoms with Crippen LogP contribution < -0.4 is 0 Å². The third-order valence-electron chi connectivity index (χ3n) is 3.49. The van der Waals surface area contributed by atoms with Crippen LogP contribution in [0, 0.1) is 0 Å². The highest BCUT2D eigenvalue weighted by atomic mass is 32.1. The third-order valence-corrected chi connectivity index (χ3v) is 4.09. The standard InChI is InChI=1S/C16H18O4S/c1-2-12(21)15(18)13-14(17)11(20-16(13)19)9-8-10-6-4-3-5-7-10/h3-7,11-12,17,21H,2,8-9H2,1H3. The lowest BCUT2D eigenvalue weighted by Gasteiger charge is -2.09. The molecular weight excluding hydrogens is 288 g/mol. The van der Waals surface area contributed by atoms with Crippen molar-refractivity contribution in [1.82, 2.24) is 0 Å². The fourth-order valence-corrected chi connectivity index (χ4v) is 2.36. The molecule has 0 saturated carbocycles. The molecule has 0 saturated heterocycles. The predicted octanol–water partition coefficient (Wildman–Crippen LogP) is 2.63. The van der Waals surface area contributed by atoms with E-state index in [1.165, 1.54) is 0 Å². The van der Waals surface area contributed by atoms with E-state index in [4.69, 9.17) is 4.74 Å². The van der Waals surface area contributed by atoms with Crippen molar-refractivity contribution in [2.45, 2.75) is 37.5 Å². The first-order valence-corrected chi connectivity index (χ1v) is 7.46. The maximum atomic E-state index is 12.0. The molecule has 112 valence electrons. The second kappa shape index (κ2) is 6.80. The molecule has 1 aromatic rings. The molecule has 2 unspecified atom stereocenters. The summed E-state index contributed by atoms with van der Waals surface area (Å²) >= 11 is 4.12. The Balaban J connectivity index is 2.08. The number of benzene rings is 1. The van der Waals surface area contributed by atoms with Crippen LogP contribution in [0.25, 0.3) is 0 Å². The highest BCUT2D eigenvalue weighted by Gasteiger charge is 2.39. The van der Waals surface area contributed by atoms with E-state index in [1.54, 1.807) is 6.92 Å². The van der Waals surface area contributed by atoms with Gasteiger partial charge in [0.15, 0.2) is 17.6 Å². The quantitative estimate of drug-likeness (QED) is 0.482. The average molecular weight is 306 g/mol. The van der Waals surface area contributed by atoms with Crippen LogP contribution in [-0.4, -0.2) is 28.2 Å². The third kappa shape index (κ3) is 3.47. The van der Waals surface area contributed by atoms with Gasteiger partial charge in [-0.25, -0.2) is 4.79 Å². The van der Waals surface area contributed by atoms with E-state index in [9.17, 15) is 14.7 Å². The van der Waals surface area contributed by atoms with E-state index in [-0.39, 0.29) is 11.3 Å². The van der Waals surface area contributed by atoms with E-state index in [2.05, 4.69) is 12.6 Å². The Morgan fingerprint density at radius 2 is 2.05 bits per heavy atom. The van der Waals surface area contributed by atoms with Gasteiger partial charge in [-0.15, -0.1) is 0 Å². The minimum atomic E-state index is -0.747. The maximum absolute atomic E-state index is 12.0. The Kier molecular flexibility index (Phi) is 5.07. The van der Waals surface area contributed by atoms with E-state index in [1.807, 2.05) is 30.3 Å². The lowest BCUT2D eigenvalue weighted by molar-refractivity contribution is -0.141. The topological polar surface area (TPSA) is 63.6 Å². The summed E-state index contributed by atoms with van der Waals surface area (Å²) in [6.45, 7) is 1.79. The molecular formula is C16H18O4S. The predicted molar refractivity (Wildman–Crippen MR) is 82.4 cm³/mol. The molecule has 1 aromatic carbocycles. The molecule has 1 aliphatic rings. The Morgan fingerprint density at radius 1 is 1.38 bits per heavy atom. The van der Waals surface area contributed by atoms with Gasteiger partial charge in [-0.3, -0.25) is 4.79 Å². The van der Waals surface area contributed by atoms with Crippen molar-refractivity contribution in [2.24, 2.45) is 0 Å². The summed E-state index contributed by atoms with van der Waals surface area (Å²) in [6.07, 6.45) is 0.846. The molecule has 1 heterocycles. The van der Waals surface area contributed by atoms with Gasteiger partial charge in [0.2, 0.25) is 0 Å². The van der Waals surface area contributed by atoms with E-state index < -0.39 is 23.1 Å². The Hall–Kier alpha value is -1.75. The fraction of sp³-hybridized carbons (Fsp3) is 0.375. The number of esters is 1. The summed E-state index contributed by atoms with van der Waals surface area (Å²) in [7, 11) is 0. The molecule has 4 nitrogen and oxygen atoms in total. The van der Waals surface area contributed by atoms with Gasteiger partial charge in [0.25, 0.3) is 0 Å². The molecule has 1 N–H and O–H groups in total. The first-order valence-electron chi connectivity index (χ1n) is 6.95. The number of rotatable bonds is 6. The van der Waals surface area contributed by atoms with Gasteiger partial charge in [0, 0.05) is 0 Å². The van der Waals surface area contributed by atoms with Crippen LogP contribution in [-0.2, 0) is 20.7 Å². The first-order chi connectivity index (χ1) is 10.0. The van der Waals surface area contributed by atoms with Crippen molar-refractivity contribution in [3.05, 3.63) is 47.2 Å². The number of carbonyl (C=O) groups is 2. The van der Waals surface area contributed by atoms with Crippen molar-refractivity contribution in [3.8, 4) is 0 Å². The molecule has 0 amide bonds. The molecule has 0 aromatic heterocycles. The van der Waals surface area contributed by atoms with Gasteiger partial charge in [-0.2, -0.15) is 12.6 Å². The van der Waals surface area contributed by atoms with Gasteiger partial charge < -0.3 is 9.84 Å². The van der Waals surface area contributed by atoms with Crippen LogP contribution in [0.5, 0.6) is 0 Å². The molecule has 0 aliphatic carbocycles. The Bertz CT molecular complexity index is 565. The first kappa shape index (κ1) is 15.6. The summed E-state index contributed by atoms with van der Waals surface area (Å²) in [6, 6.07) is 9.69. The highest BCUT2D eigenvalue weighted by molar-refractivity contribution is 7.81. The van der Waals surface area contributed by atoms with Crippen LogP contribution in [0.2, 0.25) is 0 Å². The zero-order valence-corrected chi connectivity index (χ0v) is 12.7. The fourth-order valence-electron chi connectivity index (χ4n) is 2.23. The molecule has 2 rings (SSSR count). The van der Waals surface area contributed by atoms with E-state index >= 15 is 0 Å². The number of hydrogen-bond acceptors (Lipinski definition) is 5. The van der Waals surface area contributed by atoms with E-state index in [0.29, 0.717) is 19.3 Å². The highest BCUT2D eigenvalue weighted by Crippen LogP contribution is 2.27. The lowest BCUT2D eigenvalue weighted by atomic mass is 10.0. The van der Waals surface area contributed by atoms with Crippen molar-refractivity contribution in [1.29, 1.82) is 0 Å². The summed E-state index contributed by atoms with van der Waals surface area (Å²) in [5.41, 5.74) is 0.844. The molecule has 0 bridgehead atoms. The van der Waals surface area contributed by atoms with Gasteiger partial charge >= 0.3 is 5.97 Å². The van der Waals surface area contributed by atoms with Crippen molar-refractivity contribution < 1.29 is 19.4 Å². The Morgan fingerprint density at radius 3 is 2.67 bits per heavy atom. The van der Waals surface area contributed by atoms with Crippen molar-refractivity contribution in [2.75, 3.05) is 0 Å². The summed E-state index contributed by atoms with van der Waals surface area (Å²) in [5.74, 6) is -1.47. The van der Waals surface area contributed by atoms with Crippen molar-refractivity contribution in [3.63, 3.8) is 0 Å². The molecule has 1 aliphatic heterocycles. The zero-order valence-electron chi connectivity index (χ0n) is 11.8. The zero-order chi connectivity index (χ0) is 15.4. The number of cyclic esters (lactones) is 1. The van der Waals surface area contributed by atoms with E-state index in [0.717, 1.165) is 5.56 Å². The molecule has 5 heteroatoms.